The van der Waals surface area contributed by atoms with E-state index in [4.69, 9.17) is 23.2 Å². The summed E-state index contributed by atoms with van der Waals surface area (Å²) in [6.07, 6.45) is 3.01. The maximum absolute atomic E-state index is 12.5. The lowest BCUT2D eigenvalue weighted by Gasteiger charge is -2.37. The summed E-state index contributed by atoms with van der Waals surface area (Å²) in [5, 5.41) is 22.9. The van der Waals surface area contributed by atoms with Crippen LogP contribution in [0.5, 0.6) is 0 Å². The van der Waals surface area contributed by atoms with E-state index in [1.807, 2.05) is 0 Å². The molecule has 1 atom stereocenters. The first-order valence-electron chi connectivity index (χ1n) is 8.39. The van der Waals surface area contributed by atoms with Crippen LogP contribution < -0.4 is 5.32 Å². The number of carbonyl (C=O) groups is 2. The van der Waals surface area contributed by atoms with Gasteiger partial charge in [-0.25, -0.2) is 0 Å². The van der Waals surface area contributed by atoms with Gasteiger partial charge in [0.1, 0.15) is 5.92 Å². The quantitative estimate of drug-likeness (QED) is 0.726. The number of rotatable bonds is 4. The SMILES string of the molecule is N#CC1=C(SCC(=O)c2ccc(Cl)c(Cl)c2)NC(=O)[C@@H](C#N)C12CCCC2. The molecule has 1 spiro atoms. The number of ketones is 1. The van der Waals surface area contributed by atoms with Crippen LogP contribution >= 0.6 is 35.0 Å². The summed E-state index contributed by atoms with van der Waals surface area (Å²) in [6, 6.07) is 8.90. The Balaban J connectivity index is 1.86. The Morgan fingerprint density at radius 1 is 1.26 bits per heavy atom. The van der Waals surface area contributed by atoms with Gasteiger partial charge in [0.2, 0.25) is 5.91 Å². The standard InChI is InChI=1S/C19H15Cl2N3O2S/c20-14-4-3-11(7-15(14)21)16(25)10-27-18-13(9-23)19(5-1-2-6-19)12(8-22)17(26)24-18/h3-4,7,12H,1-2,5-6,10H2,(H,24,26)/t12-/m1/s1. The van der Waals surface area contributed by atoms with Crippen molar-refractivity contribution in [1.29, 1.82) is 10.5 Å². The van der Waals surface area contributed by atoms with Gasteiger partial charge in [0, 0.05) is 11.0 Å². The minimum absolute atomic E-state index is 0.0338. The first kappa shape index (κ1) is 19.8. The molecule has 1 amide bonds. The second-order valence-electron chi connectivity index (χ2n) is 6.57. The molecular weight excluding hydrogens is 405 g/mol. The second kappa shape index (κ2) is 7.94. The molecule has 0 bridgehead atoms. The third-order valence-electron chi connectivity index (χ3n) is 5.10. The third kappa shape index (κ3) is 3.58. The van der Waals surface area contributed by atoms with Crippen molar-refractivity contribution in [2.75, 3.05) is 5.75 Å². The van der Waals surface area contributed by atoms with Crippen LogP contribution in [-0.2, 0) is 4.79 Å². The Morgan fingerprint density at radius 3 is 2.56 bits per heavy atom. The maximum atomic E-state index is 12.5. The molecule has 1 saturated carbocycles. The van der Waals surface area contributed by atoms with Gasteiger partial charge < -0.3 is 5.32 Å². The van der Waals surface area contributed by atoms with Crippen molar-refractivity contribution in [2.24, 2.45) is 11.3 Å². The molecule has 1 fully saturated rings. The van der Waals surface area contributed by atoms with E-state index in [1.165, 1.54) is 6.07 Å². The lowest BCUT2D eigenvalue weighted by molar-refractivity contribution is -0.126. The van der Waals surface area contributed by atoms with Crippen LogP contribution in [0.3, 0.4) is 0 Å². The van der Waals surface area contributed by atoms with Gasteiger partial charge in [-0.15, -0.1) is 0 Å². The van der Waals surface area contributed by atoms with E-state index in [-0.39, 0.29) is 16.6 Å². The minimum Gasteiger partial charge on any atom is -0.319 e. The Hall–Kier alpha value is -1.99. The summed E-state index contributed by atoms with van der Waals surface area (Å²) >= 11 is 12.9. The monoisotopic (exact) mass is 419 g/mol. The molecule has 1 aliphatic carbocycles. The van der Waals surface area contributed by atoms with Gasteiger partial charge in [-0.2, -0.15) is 10.5 Å². The fourth-order valence-corrected chi connectivity index (χ4v) is 5.06. The molecule has 1 heterocycles. The predicted molar refractivity (Wildman–Crippen MR) is 104 cm³/mol. The summed E-state index contributed by atoms with van der Waals surface area (Å²) in [7, 11) is 0. The highest BCUT2D eigenvalue weighted by Gasteiger charge is 2.52. The smallest absolute Gasteiger partial charge is 0.243 e. The zero-order valence-corrected chi connectivity index (χ0v) is 16.5. The van der Waals surface area contributed by atoms with Crippen molar-refractivity contribution in [3.8, 4) is 12.1 Å². The molecule has 1 aromatic carbocycles. The number of Topliss-reactive ketones (excluding diaryl/α,β-unsaturated/α-hetero) is 1. The molecule has 138 valence electrons. The summed E-state index contributed by atoms with van der Waals surface area (Å²) in [4.78, 5) is 24.9. The Bertz CT molecular complexity index is 924. The van der Waals surface area contributed by atoms with Crippen molar-refractivity contribution >= 4 is 46.7 Å². The lowest BCUT2D eigenvalue weighted by Crippen LogP contribution is -2.46. The molecule has 8 heteroatoms. The van der Waals surface area contributed by atoms with E-state index in [0.717, 1.165) is 24.6 Å². The summed E-state index contributed by atoms with van der Waals surface area (Å²) < 4.78 is 0. The second-order valence-corrected chi connectivity index (χ2v) is 8.37. The van der Waals surface area contributed by atoms with Crippen LogP contribution in [0.25, 0.3) is 0 Å². The van der Waals surface area contributed by atoms with Crippen LogP contribution in [0.4, 0.5) is 0 Å². The van der Waals surface area contributed by atoms with Crippen molar-refractivity contribution in [2.45, 2.75) is 25.7 Å². The first-order chi connectivity index (χ1) is 12.9. The van der Waals surface area contributed by atoms with Crippen molar-refractivity contribution < 1.29 is 9.59 Å². The summed E-state index contributed by atoms with van der Waals surface area (Å²) in [6.45, 7) is 0. The number of nitrogens with one attached hydrogen (secondary N) is 1. The molecule has 2 aliphatic rings. The van der Waals surface area contributed by atoms with E-state index in [0.29, 0.717) is 34.0 Å². The van der Waals surface area contributed by atoms with Gasteiger partial charge >= 0.3 is 0 Å². The zero-order chi connectivity index (χ0) is 19.6. The molecule has 0 unspecified atom stereocenters. The molecule has 0 aromatic heterocycles. The lowest BCUT2D eigenvalue weighted by atomic mass is 9.67. The number of nitriles is 2. The summed E-state index contributed by atoms with van der Waals surface area (Å²) in [5.74, 6) is -1.43. The molecule has 3 rings (SSSR count). The number of thioether (sulfide) groups is 1. The van der Waals surface area contributed by atoms with Gasteiger partial charge in [-0.1, -0.05) is 47.8 Å². The maximum Gasteiger partial charge on any atom is 0.243 e. The molecule has 0 saturated heterocycles. The average Bonchev–Trinajstić information content (AvgIpc) is 3.11. The largest absolute Gasteiger partial charge is 0.319 e. The number of hydrogen-bond acceptors (Lipinski definition) is 5. The van der Waals surface area contributed by atoms with Gasteiger partial charge in [-0.3, -0.25) is 9.59 Å². The first-order valence-corrected chi connectivity index (χ1v) is 10.1. The van der Waals surface area contributed by atoms with Crippen LogP contribution in [0.15, 0.2) is 28.8 Å². The highest BCUT2D eigenvalue weighted by molar-refractivity contribution is 8.03. The van der Waals surface area contributed by atoms with E-state index >= 15 is 0 Å². The van der Waals surface area contributed by atoms with E-state index < -0.39 is 17.2 Å². The normalized spacial score (nSPS) is 20.9. The molecular formula is C19H15Cl2N3O2S. The van der Waals surface area contributed by atoms with Crippen molar-refractivity contribution in [3.05, 3.63) is 44.4 Å². The molecule has 1 aromatic rings. The van der Waals surface area contributed by atoms with Gasteiger partial charge in [0.25, 0.3) is 0 Å². The van der Waals surface area contributed by atoms with E-state index in [1.54, 1.807) is 12.1 Å². The molecule has 1 aliphatic heterocycles. The fraction of sp³-hybridized carbons (Fsp3) is 0.368. The predicted octanol–water partition coefficient (Wildman–Crippen LogP) is 4.47. The van der Waals surface area contributed by atoms with Crippen molar-refractivity contribution in [3.63, 3.8) is 0 Å². The number of nitrogens with zero attached hydrogens (tertiary/aromatic N) is 2. The molecule has 5 nitrogen and oxygen atoms in total. The molecule has 0 radical (unpaired) electrons. The average molecular weight is 420 g/mol. The topological polar surface area (TPSA) is 93.8 Å². The van der Waals surface area contributed by atoms with Crippen LogP contribution in [0.2, 0.25) is 10.0 Å². The van der Waals surface area contributed by atoms with Gasteiger partial charge in [0.05, 0.1) is 38.5 Å². The number of carbonyl (C=O) groups excluding carboxylic acids is 2. The minimum atomic E-state index is -0.871. The van der Waals surface area contributed by atoms with Crippen molar-refractivity contribution in [1.82, 2.24) is 5.32 Å². The highest BCUT2D eigenvalue weighted by Crippen LogP contribution is 2.53. The molecule has 27 heavy (non-hydrogen) atoms. The van der Waals surface area contributed by atoms with E-state index in [2.05, 4.69) is 17.5 Å². The number of allylic oxidation sites excluding steroid dienone is 1. The van der Waals surface area contributed by atoms with Gasteiger partial charge in [0.15, 0.2) is 5.78 Å². The number of halogens is 2. The zero-order valence-electron chi connectivity index (χ0n) is 14.2. The third-order valence-corrected chi connectivity index (χ3v) is 6.84. The fourth-order valence-electron chi connectivity index (χ4n) is 3.76. The Labute approximate surface area is 171 Å². The van der Waals surface area contributed by atoms with Crippen LogP contribution in [0, 0.1) is 34.0 Å². The van der Waals surface area contributed by atoms with Crippen LogP contribution in [0.1, 0.15) is 36.0 Å². The number of hydrogen-bond donors (Lipinski definition) is 1. The number of benzene rings is 1. The molecule has 1 N–H and O–H groups in total. The summed E-state index contributed by atoms with van der Waals surface area (Å²) in [5.41, 5.74) is 0.0857. The van der Waals surface area contributed by atoms with Crippen LogP contribution in [-0.4, -0.2) is 17.4 Å². The number of amides is 1. The van der Waals surface area contributed by atoms with E-state index in [9.17, 15) is 20.1 Å². The Morgan fingerprint density at radius 2 is 1.96 bits per heavy atom. The highest BCUT2D eigenvalue weighted by atomic mass is 35.5. The Kier molecular flexibility index (Phi) is 5.81. The van der Waals surface area contributed by atoms with Gasteiger partial charge in [-0.05, 0) is 31.0 Å².